The van der Waals surface area contributed by atoms with Crippen molar-refractivity contribution in [2.45, 2.75) is 13.5 Å². The fraction of sp³-hybridized carbons (Fsp3) is 0.200. The lowest BCUT2D eigenvalue weighted by Gasteiger charge is -2.08. The zero-order valence-corrected chi connectivity index (χ0v) is 11.1. The lowest BCUT2D eigenvalue weighted by molar-refractivity contribution is 0.301. The molecule has 7 heteroatoms. The summed E-state index contributed by atoms with van der Waals surface area (Å²) >= 11 is 17.7. The fourth-order valence-electron chi connectivity index (χ4n) is 1.25. The van der Waals surface area contributed by atoms with Crippen molar-refractivity contribution in [3.05, 3.63) is 38.6 Å². The summed E-state index contributed by atoms with van der Waals surface area (Å²) in [5.41, 5.74) is 2.13. The number of benzene rings is 1. The van der Waals surface area contributed by atoms with Gasteiger partial charge in [0.25, 0.3) is 0 Å². The molecular weight excluding hydrogens is 284 g/mol. The molecule has 0 radical (unpaired) electrons. The Morgan fingerprint density at radius 1 is 1.12 bits per heavy atom. The van der Waals surface area contributed by atoms with Gasteiger partial charge in [-0.2, -0.15) is 0 Å². The quantitative estimate of drug-likeness (QED) is 0.870. The van der Waals surface area contributed by atoms with Crippen molar-refractivity contribution < 1.29 is 4.63 Å². The first-order valence-corrected chi connectivity index (χ1v) is 5.88. The lowest BCUT2D eigenvalue weighted by atomic mass is 10.3. The monoisotopic (exact) mass is 291 g/mol. The van der Waals surface area contributed by atoms with Crippen molar-refractivity contribution in [3.8, 4) is 0 Å². The molecule has 17 heavy (non-hydrogen) atoms. The summed E-state index contributed by atoms with van der Waals surface area (Å²) in [6.07, 6.45) is 0. The number of aromatic nitrogens is 2. The van der Waals surface area contributed by atoms with Crippen LogP contribution in [0.2, 0.25) is 15.1 Å². The first kappa shape index (κ1) is 12.5. The summed E-state index contributed by atoms with van der Waals surface area (Å²) in [6, 6.07) is 3.25. The average molecular weight is 293 g/mol. The van der Waals surface area contributed by atoms with Crippen LogP contribution in [-0.2, 0) is 6.54 Å². The number of hydrogen-bond acceptors (Lipinski definition) is 4. The highest BCUT2D eigenvalue weighted by molar-refractivity contribution is 6.44. The van der Waals surface area contributed by atoms with Crippen LogP contribution in [0, 0.1) is 6.92 Å². The molecule has 0 aliphatic rings. The van der Waals surface area contributed by atoms with Gasteiger partial charge in [-0.15, -0.1) is 0 Å². The number of rotatable bonds is 3. The Kier molecular flexibility index (Phi) is 3.76. The number of halogens is 3. The first-order valence-electron chi connectivity index (χ1n) is 4.74. The summed E-state index contributed by atoms with van der Waals surface area (Å²) in [7, 11) is 0. The largest absolute Gasteiger partial charge is 0.378 e. The highest BCUT2D eigenvalue weighted by Gasteiger charge is 2.08. The Balaban J connectivity index is 2.14. The molecule has 0 aliphatic heterocycles. The van der Waals surface area contributed by atoms with Gasteiger partial charge in [0.2, 0.25) is 0 Å². The molecule has 0 saturated carbocycles. The number of hydrogen-bond donors (Lipinski definition) is 1. The van der Waals surface area contributed by atoms with Gasteiger partial charge in [0.15, 0.2) is 0 Å². The van der Waals surface area contributed by atoms with Crippen molar-refractivity contribution >= 4 is 40.5 Å². The third-order valence-corrected chi connectivity index (χ3v) is 3.24. The average Bonchev–Trinajstić information content (AvgIpc) is 2.68. The molecule has 0 spiro atoms. The van der Waals surface area contributed by atoms with Crippen LogP contribution in [-0.4, -0.2) is 10.3 Å². The fourth-order valence-corrected chi connectivity index (χ4v) is 1.86. The standard InChI is InChI=1S/C10H8Cl3N3O/c1-5-10(16-17-15-5)4-14-9-3-7(12)6(11)2-8(9)13/h2-3,14H,4H2,1H3. The molecule has 0 bridgehead atoms. The van der Waals surface area contributed by atoms with Crippen LogP contribution in [0.5, 0.6) is 0 Å². The molecule has 90 valence electrons. The van der Waals surface area contributed by atoms with Gasteiger partial charge in [-0.3, -0.25) is 0 Å². The van der Waals surface area contributed by atoms with Crippen molar-refractivity contribution in [1.29, 1.82) is 0 Å². The third-order valence-electron chi connectivity index (χ3n) is 2.20. The smallest absolute Gasteiger partial charge is 0.127 e. The first-order chi connectivity index (χ1) is 8.08. The highest BCUT2D eigenvalue weighted by atomic mass is 35.5. The number of anilines is 1. The Hall–Kier alpha value is -0.970. The van der Waals surface area contributed by atoms with Gasteiger partial charge < -0.3 is 5.32 Å². The summed E-state index contributed by atoms with van der Waals surface area (Å²) in [5, 5.41) is 11.9. The molecule has 1 heterocycles. The molecule has 0 amide bonds. The molecule has 1 aromatic carbocycles. The Bertz CT molecular complexity index is 542. The normalized spacial score (nSPS) is 10.6. The molecule has 2 aromatic rings. The predicted molar refractivity (Wildman–Crippen MR) is 67.8 cm³/mol. The maximum Gasteiger partial charge on any atom is 0.127 e. The van der Waals surface area contributed by atoms with Crippen LogP contribution in [0.3, 0.4) is 0 Å². The Morgan fingerprint density at radius 2 is 1.82 bits per heavy atom. The van der Waals surface area contributed by atoms with Gasteiger partial charge in [-0.05, 0) is 19.1 Å². The molecule has 0 atom stereocenters. The molecule has 1 N–H and O–H groups in total. The van der Waals surface area contributed by atoms with E-state index < -0.39 is 0 Å². The van der Waals surface area contributed by atoms with Crippen LogP contribution in [0.15, 0.2) is 16.8 Å². The van der Waals surface area contributed by atoms with E-state index in [1.54, 1.807) is 12.1 Å². The zero-order chi connectivity index (χ0) is 12.4. The van der Waals surface area contributed by atoms with Gasteiger partial charge in [0.1, 0.15) is 11.4 Å². The topological polar surface area (TPSA) is 51.0 Å². The molecule has 0 unspecified atom stereocenters. The van der Waals surface area contributed by atoms with Gasteiger partial charge in [0.05, 0.1) is 27.3 Å². The van der Waals surface area contributed by atoms with Crippen molar-refractivity contribution in [3.63, 3.8) is 0 Å². The molecule has 0 aliphatic carbocycles. The molecule has 4 nitrogen and oxygen atoms in total. The number of nitrogens with one attached hydrogen (secondary N) is 1. The molecule has 0 fully saturated rings. The summed E-state index contributed by atoms with van der Waals surface area (Å²) < 4.78 is 4.59. The maximum atomic E-state index is 6.02. The van der Waals surface area contributed by atoms with Gasteiger partial charge in [-0.1, -0.05) is 45.1 Å². The van der Waals surface area contributed by atoms with Gasteiger partial charge in [-0.25, -0.2) is 4.63 Å². The third kappa shape index (κ3) is 2.83. The van der Waals surface area contributed by atoms with Gasteiger partial charge in [0, 0.05) is 0 Å². The molecular formula is C10H8Cl3N3O. The minimum atomic E-state index is 0.418. The van der Waals surface area contributed by atoms with E-state index in [0.29, 0.717) is 33.0 Å². The van der Waals surface area contributed by atoms with Crippen LogP contribution in [0.25, 0.3) is 0 Å². The molecule has 0 saturated heterocycles. The second kappa shape index (κ2) is 5.12. The van der Waals surface area contributed by atoms with E-state index in [2.05, 4.69) is 20.3 Å². The Morgan fingerprint density at radius 3 is 2.47 bits per heavy atom. The van der Waals surface area contributed by atoms with E-state index in [9.17, 15) is 0 Å². The summed E-state index contributed by atoms with van der Waals surface area (Å²) in [4.78, 5) is 0. The van der Waals surface area contributed by atoms with Crippen molar-refractivity contribution in [1.82, 2.24) is 10.3 Å². The van der Waals surface area contributed by atoms with Crippen molar-refractivity contribution in [2.75, 3.05) is 5.32 Å². The lowest BCUT2D eigenvalue weighted by Crippen LogP contribution is -2.01. The van der Waals surface area contributed by atoms with E-state index >= 15 is 0 Å². The van der Waals surface area contributed by atoms with Crippen LogP contribution in [0.4, 0.5) is 5.69 Å². The SMILES string of the molecule is Cc1nonc1CNc1cc(Cl)c(Cl)cc1Cl. The van der Waals surface area contributed by atoms with E-state index in [1.165, 1.54) is 0 Å². The summed E-state index contributed by atoms with van der Waals surface area (Å²) in [5.74, 6) is 0. The van der Waals surface area contributed by atoms with E-state index in [4.69, 9.17) is 34.8 Å². The van der Waals surface area contributed by atoms with Crippen LogP contribution >= 0.6 is 34.8 Å². The number of aryl methyl sites for hydroxylation is 1. The molecule has 1 aromatic heterocycles. The second-order valence-corrected chi connectivity index (χ2v) is 4.62. The maximum absolute atomic E-state index is 6.02. The van der Waals surface area contributed by atoms with E-state index in [-0.39, 0.29) is 0 Å². The molecule has 2 rings (SSSR count). The second-order valence-electron chi connectivity index (χ2n) is 3.40. The van der Waals surface area contributed by atoms with Gasteiger partial charge >= 0.3 is 0 Å². The number of nitrogens with zero attached hydrogens (tertiary/aromatic N) is 2. The minimum Gasteiger partial charge on any atom is -0.378 e. The van der Waals surface area contributed by atoms with E-state index in [0.717, 1.165) is 5.69 Å². The predicted octanol–water partition coefficient (Wildman–Crippen LogP) is 3.95. The summed E-state index contributed by atoms with van der Waals surface area (Å²) in [6.45, 7) is 2.26. The highest BCUT2D eigenvalue weighted by Crippen LogP contribution is 2.32. The van der Waals surface area contributed by atoms with Crippen LogP contribution < -0.4 is 5.32 Å². The van der Waals surface area contributed by atoms with Crippen molar-refractivity contribution in [2.24, 2.45) is 0 Å². The minimum absolute atomic E-state index is 0.418. The Labute approximate surface area is 113 Å². The zero-order valence-electron chi connectivity index (χ0n) is 8.80. The van der Waals surface area contributed by atoms with Crippen LogP contribution in [0.1, 0.15) is 11.4 Å². The van der Waals surface area contributed by atoms with E-state index in [1.807, 2.05) is 6.92 Å².